The van der Waals surface area contributed by atoms with Crippen molar-refractivity contribution in [2.24, 2.45) is 5.92 Å². The number of Topliss-reactive ketones (excluding diaryl/α,β-unsaturated/α-hetero) is 1. The summed E-state index contributed by atoms with van der Waals surface area (Å²) < 4.78 is 5.81. The van der Waals surface area contributed by atoms with Gasteiger partial charge in [-0.25, -0.2) is 4.79 Å². The highest BCUT2D eigenvalue weighted by Crippen LogP contribution is 2.35. The van der Waals surface area contributed by atoms with Crippen LogP contribution in [0.25, 0.3) is 0 Å². The van der Waals surface area contributed by atoms with Gasteiger partial charge in [-0.05, 0) is 49.3 Å². The van der Waals surface area contributed by atoms with Gasteiger partial charge in [-0.1, -0.05) is 37.1 Å². The number of carbonyl (C=O) groups is 3. The molecule has 172 valence electrons. The summed E-state index contributed by atoms with van der Waals surface area (Å²) in [6.07, 6.45) is 3.94. The minimum Gasteiger partial charge on any atom is -0.492 e. The summed E-state index contributed by atoms with van der Waals surface area (Å²) in [5.41, 5.74) is -0.266. The Balaban J connectivity index is 1.71. The second-order valence-electron chi connectivity index (χ2n) is 8.28. The molecule has 0 spiro atoms. The molecule has 1 fully saturated rings. The number of aliphatic carboxylic acids is 1. The van der Waals surface area contributed by atoms with Crippen LogP contribution in [0.3, 0.4) is 0 Å². The van der Waals surface area contributed by atoms with Crippen molar-refractivity contribution in [1.29, 1.82) is 0 Å². The fourth-order valence-electron chi connectivity index (χ4n) is 4.06. The molecule has 32 heavy (non-hydrogen) atoms. The number of carbonyl (C=O) groups excluding carboxylic acids is 2. The van der Waals surface area contributed by atoms with Crippen molar-refractivity contribution >= 4 is 40.6 Å². The largest absolute Gasteiger partial charge is 0.492 e. The van der Waals surface area contributed by atoms with Crippen LogP contribution in [0.1, 0.15) is 70.9 Å². The lowest BCUT2D eigenvalue weighted by molar-refractivity contribution is -0.146. The van der Waals surface area contributed by atoms with Gasteiger partial charge in [-0.15, -0.1) is 11.3 Å². The lowest BCUT2D eigenvalue weighted by atomic mass is 9.75. The number of halogens is 1. The predicted octanol–water partition coefficient (Wildman–Crippen LogP) is 5.38. The van der Waals surface area contributed by atoms with Crippen molar-refractivity contribution in [3.63, 3.8) is 0 Å². The number of hydrogen-bond acceptors (Lipinski definition) is 5. The molecule has 1 heterocycles. The van der Waals surface area contributed by atoms with Crippen LogP contribution in [-0.2, 0) is 11.2 Å². The number of hydrogen-bond donors (Lipinski definition) is 2. The third-order valence-corrected chi connectivity index (χ3v) is 7.53. The topological polar surface area (TPSA) is 92.7 Å². The minimum atomic E-state index is -1.27. The number of carboxylic acid groups (broad SMARTS) is 1. The number of thiophene rings is 1. The molecule has 0 aliphatic heterocycles. The molecule has 1 aromatic heterocycles. The van der Waals surface area contributed by atoms with Gasteiger partial charge in [-0.2, -0.15) is 0 Å². The molecule has 0 atom stereocenters. The highest BCUT2D eigenvalue weighted by Gasteiger charge is 2.43. The van der Waals surface area contributed by atoms with E-state index in [1.807, 2.05) is 18.2 Å². The maximum absolute atomic E-state index is 12.9. The maximum atomic E-state index is 12.9. The van der Waals surface area contributed by atoms with E-state index < -0.39 is 17.4 Å². The molecule has 0 saturated heterocycles. The van der Waals surface area contributed by atoms with Crippen LogP contribution in [0.4, 0.5) is 0 Å². The SMILES string of the molecule is CCC1CCC(NC(=O)c2cc(OCCc3cccc(Cl)c3)c(C(C)=O)s2)(C(=O)O)CC1. The van der Waals surface area contributed by atoms with Gasteiger partial charge in [0.15, 0.2) is 5.78 Å². The van der Waals surface area contributed by atoms with Crippen molar-refractivity contribution < 1.29 is 24.2 Å². The Hall–Kier alpha value is -2.38. The Labute approximate surface area is 196 Å². The van der Waals surface area contributed by atoms with E-state index in [0.29, 0.717) is 47.4 Å². The Morgan fingerprint density at radius 1 is 1.25 bits per heavy atom. The van der Waals surface area contributed by atoms with Crippen molar-refractivity contribution in [2.75, 3.05) is 6.61 Å². The minimum absolute atomic E-state index is 0.205. The highest BCUT2D eigenvalue weighted by molar-refractivity contribution is 7.16. The predicted molar refractivity (Wildman–Crippen MR) is 125 cm³/mol. The van der Waals surface area contributed by atoms with E-state index in [4.69, 9.17) is 16.3 Å². The standard InChI is InChI=1S/C24H28ClNO5S/c1-3-16-7-10-24(11-8-16,23(29)30)26-22(28)20-14-19(21(32-20)15(2)27)31-12-9-17-5-4-6-18(25)13-17/h4-6,13-14,16H,3,7-12H2,1-2H3,(H,26,28)(H,29,30). The molecule has 0 unspecified atom stereocenters. The molecule has 6 nitrogen and oxygen atoms in total. The number of benzene rings is 1. The summed E-state index contributed by atoms with van der Waals surface area (Å²) in [6, 6.07) is 8.97. The van der Waals surface area contributed by atoms with Crippen molar-refractivity contribution in [2.45, 2.75) is 57.9 Å². The average molecular weight is 478 g/mol. The van der Waals surface area contributed by atoms with Crippen LogP contribution in [-0.4, -0.2) is 34.9 Å². The van der Waals surface area contributed by atoms with Gasteiger partial charge in [0.1, 0.15) is 16.2 Å². The first kappa shape index (κ1) is 24.3. The molecule has 2 aromatic rings. The van der Waals surface area contributed by atoms with E-state index in [9.17, 15) is 19.5 Å². The molecule has 1 aliphatic rings. The normalized spacial score (nSPS) is 20.5. The van der Waals surface area contributed by atoms with Crippen LogP contribution in [0.15, 0.2) is 30.3 Å². The highest BCUT2D eigenvalue weighted by atomic mass is 35.5. The Bertz CT molecular complexity index is 994. The van der Waals surface area contributed by atoms with Crippen LogP contribution in [0.2, 0.25) is 5.02 Å². The molecule has 3 rings (SSSR count). The monoisotopic (exact) mass is 477 g/mol. The van der Waals surface area contributed by atoms with Crippen molar-refractivity contribution in [1.82, 2.24) is 5.32 Å². The molecule has 1 amide bonds. The number of ketones is 1. The molecule has 0 bridgehead atoms. The van der Waals surface area contributed by atoms with Crippen LogP contribution in [0, 0.1) is 5.92 Å². The van der Waals surface area contributed by atoms with Gasteiger partial charge in [-0.3, -0.25) is 9.59 Å². The summed E-state index contributed by atoms with van der Waals surface area (Å²) in [5.74, 6) is -0.872. The molecule has 0 radical (unpaired) electrons. The average Bonchev–Trinajstić information content (AvgIpc) is 3.19. The van der Waals surface area contributed by atoms with Gasteiger partial charge in [0, 0.05) is 24.4 Å². The maximum Gasteiger partial charge on any atom is 0.329 e. The molecular weight excluding hydrogens is 450 g/mol. The summed E-state index contributed by atoms with van der Waals surface area (Å²) in [4.78, 5) is 37.7. The van der Waals surface area contributed by atoms with Crippen LogP contribution in [0.5, 0.6) is 5.75 Å². The number of nitrogens with one attached hydrogen (secondary N) is 1. The zero-order chi connectivity index (χ0) is 23.3. The zero-order valence-corrected chi connectivity index (χ0v) is 19.9. The number of carboxylic acids is 1. The van der Waals surface area contributed by atoms with Gasteiger partial charge in [0.05, 0.1) is 11.5 Å². The van der Waals surface area contributed by atoms with Gasteiger partial charge >= 0.3 is 5.97 Å². The molecular formula is C24H28ClNO5S. The van der Waals surface area contributed by atoms with E-state index in [-0.39, 0.29) is 10.7 Å². The lowest BCUT2D eigenvalue weighted by Gasteiger charge is -2.37. The van der Waals surface area contributed by atoms with Gasteiger partial charge in [0.25, 0.3) is 5.91 Å². The quantitative estimate of drug-likeness (QED) is 0.473. The molecule has 1 aliphatic carbocycles. The molecule has 1 saturated carbocycles. The second-order valence-corrected chi connectivity index (χ2v) is 9.77. The van der Waals surface area contributed by atoms with Crippen molar-refractivity contribution in [3.8, 4) is 5.75 Å². The zero-order valence-electron chi connectivity index (χ0n) is 18.3. The van der Waals surface area contributed by atoms with Crippen molar-refractivity contribution in [3.05, 3.63) is 50.7 Å². The summed E-state index contributed by atoms with van der Waals surface area (Å²) in [5, 5.41) is 13.2. The second kappa shape index (κ2) is 10.5. The molecule has 8 heteroatoms. The Morgan fingerprint density at radius 3 is 2.56 bits per heavy atom. The Kier molecular flexibility index (Phi) is 7.96. The van der Waals surface area contributed by atoms with Crippen LogP contribution < -0.4 is 10.1 Å². The number of ether oxygens (including phenoxy) is 1. The first-order valence-electron chi connectivity index (χ1n) is 10.8. The van der Waals surface area contributed by atoms with E-state index in [0.717, 1.165) is 36.2 Å². The summed E-state index contributed by atoms with van der Waals surface area (Å²) >= 11 is 7.03. The number of amides is 1. The fourth-order valence-corrected chi connectivity index (χ4v) is 5.16. The summed E-state index contributed by atoms with van der Waals surface area (Å²) in [7, 11) is 0. The number of rotatable bonds is 9. The Morgan fingerprint density at radius 2 is 1.97 bits per heavy atom. The van der Waals surface area contributed by atoms with Gasteiger partial charge in [0.2, 0.25) is 0 Å². The van der Waals surface area contributed by atoms with E-state index in [2.05, 4.69) is 12.2 Å². The van der Waals surface area contributed by atoms with E-state index >= 15 is 0 Å². The lowest BCUT2D eigenvalue weighted by Crippen LogP contribution is -2.56. The third kappa shape index (κ3) is 5.70. The fraction of sp³-hybridized carbons (Fsp3) is 0.458. The smallest absolute Gasteiger partial charge is 0.329 e. The first-order valence-corrected chi connectivity index (χ1v) is 12.0. The summed E-state index contributed by atoms with van der Waals surface area (Å²) in [6.45, 7) is 3.83. The van der Waals surface area contributed by atoms with E-state index in [1.54, 1.807) is 6.07 Å². The third-order valence-electron chi connectivity index (χ3n) is 6.08. The molecule has 1 aromatic carbocycles. The first-order chi connectivity index (χ1) is 15.2. The van der Waals surface area contributed by atoms with Crippen LogP contribution >= 0.6 is 22.9 Å². The molecule has 2 N–H and O–H groups in total. The van der Waals surface area contributed by atoms with Gasteiger partial charge < -0.3 is 15.2 Å². The van der Waals surface area contributed by atoms with E-state index in [1.165, 1.54) is 13.0 Å².